The van der Waals surface area contributed by atoms with Gasteiger partial charge in [0.1, 0.15) is 18.0 Å². The van der Waals surface area contributed by atoms with Gasteiger partial charge in [-0.05, 0) is 25.8 Å². The average Bonchev–Trinajstić information content (AvgIpc) is 3.22. The van der Waals surface area contributed by atoms with Crippen molar-refractivity contribution in [1.82, 2.24) is 14.9 Å². The van der Waals surface area contributed by atoms with Crippen molar-refractivity contribution in [1.29, 1.82) is 0 Å². The van der Waals surface area contributed by atoms with Crippen LogP contribution in [0.4, 0.5) is 11.6 Å². The Morgan fingerprint density at radius 3 is 2.63 bits per heavy atom. The molecule has 1 saturated carbocycles. The van der Waals surface area contributed by atoms with Crippen molar-refractivity contribution in [3.05, 3.63) is 11.9 Å². The first-order chi connectivity index (χ1) is 9.13. The van der Waals surface area contributed by atoms with Crippen LogP contribution in [0.5, 0.6) is 0 Å². The summed E-state index contributed by atoms with van der Waals surface area (Å²) in [6.07, 6.45) is 4.21. The lowest BCUT2D eigenvalue weighted by atomic mass is 10.0. The molecule has 0 bridgehead atoms. The van der Waals surface area contributed by atoms with Gasteiger partial charge in [0.2, 0.25) is 0 Å². The maximum absolute atomic E-state index is 5.51. The fourth-order valence-electron chi connectivity index (χ4n) is 2.25. The van der Waals surface area contributed by atoms with E-state index < -0.39 is 0 Å². The Hall–Kier alpha value is -1.40. The number of hydrazine groups is 1. The monoisotopic (exact) mass is 264 g/mol. The van der Waals surface area contributed by atoms with Gasteiger partial charge in [-0.15, -0.1) is 0 Å². The molecule has 0 unspecified atom stereocenters. The third kappa shape index (κ3) is 3.54. The van der Waals surface area contributed by atoms with E-state index in [9.17, 15) is 0 Å². The molecule has 19 heavy (non-hydrogen) atoms. The van der Waals surface area contributed by atoms with Crippen LogP contribution in [0.25, 0.3) is 0 Å². The van der Waals surface area contributed by atoms with E-state index in [0.29, 0.717) is 11.7 Å². The molecule has 4 N–H and O–H groups in total. The summed E-state index contributed by atoms with van der Waals surface area (Å²) in [5, 5.41) is 3.39. The number of anilines is 2. The summed E-state index contributed by atoms with van der Waals surface area (Å²) < 4.78 is 0. The molecular weight excluding hydrogens is 240 g/mol. The molecule has 0 atom stereocenters. The molecule has 0 aromatic carbocycles. The number of likely N-dealkylation sites (N-methyl/N-ethyl adjacent to an activating group) is 1. The number of nitrogens with two attached hydrogens (primary N) is 1. The zero-order valence-electron chi connectivity index (χ0n) is 12.0. The molecule has 1 aliphatic carbocycles. The molecule has 106 valence electrons. The summed E-state index contributed by atoms with van der Waals surface area (Å²) in [6.45, 7) is 6.13. The van der Waals surface area contributed by atoms with Gasteiger partial charge in [-0.1, -0.05) is 13.8 Å². The highest BCUT2D eigenvalue weighted by atomic mass is 15.3. The highest BCUT2D eigenvalue weighted by molar-refractivity contribution is 5.58. The second-order valence-electron chi connectivity index (χ2n) is 5.42. The van der Waals surface area contributed by atoms with E-state index in [0.717, 1.165) is 30.5 Å². The topological polar surface area (TPSA) is 79.1 Å². The molecule has 1 heterocycles. The molecule has 0 saturated heterocycles. The second kappa shape index (κ2) is 6.16. The quantitative estimate of drug-likeness (QED) is 0.510. The number of hydrogen-bond acceptors (Lipinski definition) is 6. The molecule has 0 radical (unpaired) electrons. The molecule has 0 amide bonds. The summed E-state index contributed by atoms with van der Waals surface area (Å²) in [6, 6.07) is 0.790. The smallest absolute Gasteiger partial charge is 0.148 e. The van der Waals surface area contributed by atoms with Crippen molar-refractivity contribution in [3.63, 3.8) is 0 Å². The van der Waals surface area contributed by atoms with E-state index in [1.165, 1.54) is 19.2 Å². The Balaban J connectivity index is 1.98. The predicted octanol–water partition coefficient (Wildman–Crippen LogP) is 1.39. The van der Waals surface area contributed by atoms with Crippen LogP contribution in [0.15, 0.2) is 6.33 Å². The highest BCUT2D eigenvalue weighted by Crippen LogP contribution is 2.28. The molecule has 1 aromatic heterocycles. The molecule has 1 aliphatic rings. The van der Waals surface area contributed by atoms with Gasteiger partial charge in [0, 0.05) is 24.7 Å². The largest absolute Gasteiger partial charge is 0.368 e. The van der Waals surface area contributed by atoms with E-state index in [-0.39, 0.29) is 0 Å². The van der Waals surface area contributed by atoms with Crippen molar-refractivity contribution in [2.75, 3.05) is 30.9 Å². The Bertz CT molecular complexity index is 416. The van der Waals surface area contributed by atoms with Crippen molar-refractivity contribution in [3.8, 4) is 0 Å². The maximum Gasteiger partial charge on any atom is 0.148 e. The summed E-state index contributed by atoms with van der Waals surface area (Å²) in [5.74, 6) is 7.40. The van der Waals surface area contributed by atoms with Crippen molar-refractivity contribution in [2.24, 2.45) is 5.84 Å². The van der Waals surface area contributed by atoms with Crippen LogP contribution in [0.2, 0.25) is 0 Å². The van der Waals surface area contributed by atoms with E-state index >= 15 is 0 Å². The SMILES string of the molecule is CC(C)c1c(NN)ncnc1NCCN(C)C1CC1. The molecule has 6 nitrogen and oxygen atoms in total. The van der Waals surface area contributed by atoms with E-state index in [1.54, 1.807) is 0 Å². The zero-order valence-corrected chi connectivity index (χ0v) is 12.0. The Morgan fingerprint density at radius 2 is 2.05 bits per heavy atom. The van der Waals surface area contributed by atoms with Gasteiger partial charge in [0.15, 0.2) is 0 Å². The first-order valence-corrected chi connectivity index (χ1v) is 6.89. The summed E-state index contributed by atoms with van der Waals surface area (Å²) >= 11 is 0. The van der Waals surface area contributed by atoms with Gasteiger partial charge in [-0.3, -0.25) is 0 Å². The second-order valence-corrected chi connectivity index (χ2v) is 5.42. The molecule has 2 rings (SSSR count). The zero-order chi connectivity index (χ0) is 13.8. The lowest BCUT2D eigenvalue weighted by Crippen LogP contribution is -2.27. The van der Waals surface area contributed by atoms with Crippen LogP contribution in [-0.4, -0.2) is 41.0 Å². The standard InChI is InChI=1S/C13H24N6/c1-9(2)11-12(16-8-17-13(11)18-14)15-6-7-19(3)10-4-5-10/h8-10H,4-7,14H2,1-3H3,(H2,15,16,17,18). The fraction of sp³-hybridized carbons (Fsp3) is 0.692. The van der Waals surface area contributed by atoms with E-state index in [4.69, 9.17) is 5.84 Å². The predicted molar refractivity (Wildman–Crippen MR) is 78.1 cm³/mol. The van der Waals surface area contributed by atoms with Crippen LogP contribution in [-0.2, 0) is 0 Å². The van der Waals surface area contributed by atoms with Crippen LogP contribution in [0.3, 0.4) is 0 Å². The number of rotatable bonds is 7. The third-order valence-electron chi connectivity index (χ3n) is 3.53. The molecular formula is C13H24N6. The van der Waals surface area contributed by atoms with Gasteiger partial charge in [-0.25, -0.2) is 15.8 Å². The summed E-state index contributed by atoms with van der Waals surface area (Å²) in [4.78, 5) is 10.9. The molecule has 1 fully saturated rings. The van der Waals surface area contributed by atoms with Crippen LogP contribution in [0.1, 0.15) is 38.2 Å². The van der Waals surface area contributed by atoms with Crippen LogP contribution >= 0.6 is 0 Å². The lowest BCUT2D eigenvalue weighted by molar-refractivity contribution is 0.337. The number of nitrogens with one attached hydrogen (secondary N) is 2. The number of nitrogen functional groups attached to an aromatic ring is 1. The van der Waals surface area contributed by atoms with Gasteiger partial charge in [0.05, 0.1) is 0 Å². The fourth-order valence-corrected chi connectivity index (χ4v) is 2.25. The minimum atomic E-state index is 0.316. The van der Waals surface area contributed by atoms with Crippen molar-refractivity contribution < 1.29 is 0 Å². The van der Waals surface area contributed by atoms with Crippen LogP contribution in [0, 0.1) is 0 Å². The van der Waals surface area contributed by atoms with Crippen LogP contribution < -0.4 is 16.6 Å². The summed E-state index contributed by atoms with van der Waals surface area (Å²) in [7, 11) is 2.18. The normalized spacial score (nSPS) is 15.1. The molecule has 0 spiro atoms. The third-order valence-corrected chi connectivity index (χ3v) is 3.53. The minimum absolute atomic E-state index is 0.316. The first-order valence-electron chi connectivity index (χ1n) is 6.89. The number of hydrogen-bond donors (Lipinski definition) is 3. The molecule has 6 heteroatoms. The average molecular weight is 264 g/mol. The Morgan fingerprint density at radius 1 is 1.37 bits per heavy atom. The molecule has 1 aromatic rings. The van der Waals surface area contributed by atoms with Gasteiger partial charge in [0.25, 0.3) is 0 Å². The minimum Gasteiger partial charge on any atom is -0.368 e. The Labute approximate surface area is 114 Å². The highest BCUT2D eigenvalue weighted by Gasteiger charge is 2.25. The molecule has 0 aliphatic heterocycles. The van der Waals surface area contributed by atoms with Crippen molar-refractivity contribution >= 4 is 11.6 Å². The first kappa shape index (κ1) is 14.0. The Kier molecular flexibility index (Phi) is 4.55. The number of nitrogens with zero attached hydrogens (tertiary/aromatic N) is 3. The number of aromatic nitrogens is 2. The van der Waals surface area contributed by atoms with Crippen molar-refractivity contribution in [2.45, 2.75) is 38.6 Å². The maximum atomic E-state index is 5.51. The van der Waals surface area contributed by atoms with E-state index in [2.05, 4.69) is 46.5 Å². The van der Waals surface area contributed by atoms with Gasteiger partial charge < -0.3 is 15.6 Å². The summed E-state index contributed by atoms with van der Waals surface area (Å²) in [5.41, 5.74) is 3.68. The lowest BCUT2D eigenvalue weighted by Gasteiger charge is -2.19. The van der Waals surface area contributed by atoms with Gasteiger partial charge in [-0.2, -0.15) is 0 Å². The van der Waals surface area contributed by atoms with E-state index in [1.807, 2.05) is 0 Å². The van der Waals surface area contributed by atoms with Gasteiger partial charge >= 0.3 is 0 Å².